The molecule has 0 spiro atoms. The molecule has 1 atom stereocenters. The Morgan fingerprint density at radius 1 is 1.33 bits per heavy atom. The first kappa shape index (κ1) is 12.2. The van der Waals surface area contributed by atoms with E-state index < -0.39 is 0 Å². The molecule has 0 bridgehead atoms. The molecule has 0 aromatic carbocycles. The van der Waals surface area contributed by atoms with Crippen LogP contribution in [0.25, 0.3) is 0 Å². The third kappa shape index (κ3) is 4.93. The van der Waals surface area contributed by atoms with Crippen molar-refractivity contribution in [3.8, 4) is 0 Å². The van der Waals surface area contributed by atoms with Crippen molar-refractivity contribution in [3.63, 3.8) is 0 Å². The lowest BCUT2D eigenvalue weighted by atomic mass is 10.0. The molecule has 1 unspecified atom stereocenters. The van der Waals surface area contributed by atoms with Crippen LogP contribution in [-0.2, 0) is 6.42 Å². The van der Waals surface area contributed by atoms with E-state index in [-0.39, 0.29) is 6.04 Å². The Morgan fingerprint density at radius 3 is 2.73 bits per heavy atom. The van der Waals surface area contributed by atoms with E-state index in [1.165, 1.54) is 24.8 Å². The van der Waals surface area contributed by atoms with Gasteiger partial charge < -0.3 is 5.73 Å². The Balaban J connectivity index is 2.31. The van der Waals surface area contributed by atoms with Crippen LogP contribution in [0, 0.1) is 6.92 Å². The molecule has 84 valence electrons. The summed E-state index contributed by atoms with van der Waals surface area (Å²) in [5.74, 6) is 0. The van der Waals surface area contributed by atoms with Crippen molar-refractivity contribution in [2.45, 2.75) is 52.0 Å². The summed E-state index contributed by atoms with van der Waals surface area (Å²) in [5.41, 5.74) is 8.37. The second kappa shape index (κ2) is 6.57. The van der Waals surface area contributed by atoms with Crippen molar-refractivity contribution in [2.24, 2.45) is 5.73 Å². The normalized spacial score (nSPS) is 12.7. The number of hydrogen-bond acceptors (Lipinski definition) is 2. The summed E-state index contributed by atoms with van der Waals surface area (Å²) in [6.45, 7) is 4.27. The molecule has 1 heterocycles. The fourth-order valence-electron chi connectivity index (χ4n) is 1.65. The summed E-state index contributed by atoms with van der Waals surface area (Å²) in [5, 5.41) is 0. The smallest absolute Gasteiger partial charge is 0.0419 e. The summed E-state index contributed by atoms with van der Waals surface area (Å²) in [6.07, 6.45) is 7.72. The molecule has 1 aromatic heterocycles. The Kier molecular flexibility index (Phi) is 5.33. The predicted molar refractivity (Wildman–Crippen MR) is 64.8 cm³/mol. The zero-order valence-corrected chi connectivity index (χ0v) is 9.87. The second-order valence-corrected chi connectivity index (χ2v) is 4.29. The molecular weight excluding hydrogens is 184 g/mol. The van der Waals surface area contributed by atoms with Crippen molar-refractivity contribution in [1.29, 1.82) is 0 Å². The van der Waals surface area contributed by atoms with E-state index in [1.54, 1.807) is 0 Å². The van der Waals surface area contributed by atoms with E-state index in [0.717, 1.165) is 18.5 Å². The maximum absolute atomic E-state index is 6.04. The van der Waals surface area contributed by atoms with Crippen LogP contribution in [0.5, 0.6) is 0 Å². The Hall–Kier alpha value is -0.890. The molecule has 0 saturated carbocycles. The van der Waals surface area contributed by atoms with Gasteiger partial charge in [0.15, 0.2) is 0 Å². The van der Waals surface area contributed by atoms with Gasteiger partial charge in [0.05, 0.1) is 0 Å². The molecule has 0 saturated heterocycles. The third-order valence-corrected chi connectivity index (χ3v) is 2.62. The molecule has 1 aromatic rings. The average Bonchev–Trinajstić information content (AvgIpc) is 2.22. The topological polar surface area (TPSA) is 38.9 Å². The number of nitrogens with zero attached hydrogens (tertiary/aromatic N) is 1. The molecular formula is C13H22N2. The highest BCUT2D eigenvalue weighted by Crippen LogP contribution is 2.07. The van der Waals surface area contributed by atoms with Crippen LogP contribution < -0.4 is 5.73 Å². The lowest BCUT2D eigenvalue weighted by molar-refractivity contribution is 0.553. The summed E-state index contributed by atoms with van der Waals surface area (Å²) in [4.78, 5) is 4.37. The van der Waals surface area contributed by atoms with Gasteiger partial charge in [0.25, 0.3) is 0 Å². The molecule has 0 aliphatic heterocycles. The van der Waals surface area contributed by atoms with Gasteiger partial charge >= 0.3 is 0 Å². The Morgan fingerprint density at radius 2 is 2.13 bits per heavy atom. The van der Waals surface area contributed by atoms with E-state index >= 15 is 0 Å². The summed E-state index contributed by atoms with van der Waals surface area (Å²) < 4.78 is 0. The van der Waals surface area contributed by atoms with Gasteiger partial charge in [0.2, 0.25) is 0 Å². The van der Waals surface area contributed by atoms with E-state index in [0.29, 0.717) is 0 Å². The van der Waals surface area contributed by atoms with Gasteiger partial charge in [-0.2, -0.15) is 0 Å². The van der Waals surface area contributed by atoms with Crippen molar-refractivity contribution in [1.82, 2.24) is 4.98 Å². The van der Waals surface area contributed by atoms with Gasteiger partial charge in [-0.25, -0.2) is 0 Å². The summed E-state index contributed by atoms with van der Waals surface area (Å²) in [7, 11) is 0. The lowest BCUT2D eigenvalue weighted by Gasteiger charge is -2.10. The van der Waals surface area contributed by atoms with Gasteiger partial charge in [-0.05, 0) is 25.0 Å². The van der Waals surface area contributed by atoms with Crippen LogP contribution in [0.4, 0.5) is 0 Å². The third-order valence-electron chi connectivity index (χ3n) is 2.62. The first-order valence-corrected chi connectivity index (χ1v) is 5.89. The van der Waals surface area contributed by atoms with Crippen LogP contribution in [0.15, 0.2) is 18.3 Å². The summed E-state index contributed by atoms with van der Waals surface area (Å²) >= 11 is 0. The zero-order chi connectivity index (χ0) is 11.1. The molecule has 15 heavy (non-hydrogen) atoms. The number of unbranched alkanes of at least 4 members (excludes halogenated alkanes) is 2. The standard InChI is InChI=1S/C13H22N2/c1-3-4-5-6-12(14)9-13-8-7-11(2)10-15-13/h7-8,10,12H,3-6,9,14H2,1-2H3. The largest absolute Gasteiger partial charge is 0.327 e. The quantitative estimate of drug-likeness (QED) is 0.727. The van der Waals surface area contributed by atoms with Crippen molar-refractivity contribution in [3.05, 3.63) is 29.6 Å². The number of hydrogen-bond donors (Lipinski definition) is 1. The predicted octanol–water partition coefficient (Wildman–Crippen LogP) is 2.84. The van der Waals surface area contributed by atoms with Crippen LogP contribution in [-0.4, -0.2) is 11.0 Å². The highest BCUT2D eigenvalue weighted by Gasteiger charge is 2.04. The highest BCUT2D eigenvalue weighted by atomic mass is 14.7. The SMILES string of the molecule is CCCCCC(N)Cc1ccc(C)cn1. The van der Waals surface area contributed by atoms with Gasteiger partial charge in [-0.3, -0.25) is 4.98 Å². The van der Waals surface area contributed by atoms with E-state index in [2.05, 4.69) is 31.0 Å². The summed E-state index contributed by atoms with van der Waals surface area (Å²) in [6, 6.07) is 4.45. The number of rotatable bonds is 6. The molecule has 2 N–H and O–H groups in total. The number of aryl methyl sites for hydroxylation is 1. The maximum Gasteiger partial charge on any atom is 0.0419 e. The molecule has 0 aliphatic rings. The Bertz CT molecular complexity index is 266. The van der Waals surface area contributed by atoms with Crippen molar-refractivity contribution in [2.75, 3.05) is 0 Å². The van der Waals surface area contributed by atoms with Gasteiger partial charge in [0, 0.05) is 24.4 Å². The van der Waals surface area contributed by atoms with Crippen LogP contribution in [0.1, 0.15) is 43.9 Å². The van der Waals surface area contributed by atoms with Gasteiger partial charge in [-0.1, -0.05) is 32.3 Å². The Labute approximate surface area is 92.9 Å². The number of nitrogens with two attached hydrogens (primary N) is 1. The first-order chi connectivity index (χ1) is 7.22. The van der Waals surface area contributed by atoms with Crippen molar-refractivity contribution >= 4 is 0 Å². The highest BCUT2D eigenvalue weighted by molar-refractivity contribution is 5.12. The molecule has 0 radical (unpaired) electrons. The monoisotopic (exact) mass is 206 g/mol. The first-order valence-electron chi connectivity index (χ1n) is 5.89. The average molecular weight is 206 g/mol. The van der Waals surface area contributed by atoms with E-state index in [1.807, 2.05) is 6.20 Å². The minimum Gasteiger partial charge on any atom is -0.327 e. The lowest BCUT2D eigenvalue weighted by Crippen LogP contribution is -2.23. The minimum absolute atomic E-state index is 0.270. The van der Waals surface area contributed by atoms with E-state index in [9.17, 15) is 0 Å². The molecule has 0 fully saturated rings. The molecule has 0 aliphatic carbocycles. The molecule has 2 heteroatoms. The zero-order valence-electron chi connectivity index (χ0n) is 9.87. The minimum atomic E-state index is 0.270. The van der Waals surface area contributed by atoms with Crippen molar-refractivity contribution < 1.29 is 0 Å². The fourth-order valence-corrected chi connectivity index (χ4v) is 1.65. The second-order valence-electron chi connectivity index (χ2n) is 4.29. The molecule has 2 nitrogen and oxygen atoms in total. The number of pyridine rings is 1. The van der Waals surface area contributed by atoms with Crippen LogP contribution >= 0.6 is 0 Å². The van der Waals surface area contributed by atoms with Crippen LogP contribution in [0.2, 0.25) is 0 Å². The van der Waals surface area contributed by atoms with E-state index in [4.69, 9.17) is 5.73 Å². The molecule has 1 rings (SSSR count). The fraction of sp³-hybridized carbons (Fsp3) is 0.615. The maximum atomic E-state index is 6.04. The van der Waals surface area contributed by atoms with Crippen LogP contribution in [0.3, 0.4) is 0 Å². The number of aromatic nitrogens is 1. The van der Waals surface area contributed by atoms with Gasteiger partial charge in [-0.15, -0.1) is 0 Å². The van der Waals surface area contributed by atoms with Gasteiger partial charge in [0.1, 0.15) is 0 Å². The molecule has 0 amide bonds.